The van der Waals surface area contributed by atoms with Crippen molar-refractivity contribution in [1.82, 2.24) is 4.98 Å². The van der Waals surface area contributed by atoms with E-state index >= 15 is 0 Å². The number of aromatic nitrogens is 1. The average molecular weight is 1560 g/mol. The minimum Gasteiger partial charge on any atom is -0.465 e. The highest BCUT2D eigenvalue weighted by Crippen LogP contribution is 2.28. The van der Waals surface area contributed by atoms with Gasteiger partial charge in [-0.25, -0.2) is 19.2 Å². The molecule has 1 aromatic heterocycles. The molecule has 0 fully saturated rings. The van der Waals surface area contributed by atoms with Crippen molar-refractivity contribution in [3.05, 3.63) is 407 Å². The predicted octanol–water partition coefficient (Wildman–Crippen LogP) is 22.3. The molecular formula is C97H85N3O15S. The van der Waals surface area contributed by atoms with Crippen molar-refractivity contribution >= 4 is 87.7 Å². The van der Waals surface area contributed by atoms with Gasteiger partial charge >= 0.3 is 24.1 Å². The Labute approximate surface area is 678 Å². The largest absolute Gasteiger partial charge is 0.465 e. The Kier molecular flexibility index (Phi) is 36.3. The monoisotopic (exact) mass is 1560 g/mol. The topological polar surface area (TPSA) is 262 Å². The Hall–Kier alpha value is -14.7. The summed E-state index contributed by atoms with van der Waals surface area (Å²) in [6.45, 7) is 10.7. The summed E-state index contributed by atoms with van der Waals surface area (Å²) in [5, 5.41) is 5.18. The van der Waals surface area contributed by atoms with Crippen molar-refractivity contribution in [2.45, 2.75) is 64.7 Å². The van der Waals surface area contributed by atoms with Gasteiger partial charge in [-0.2, -0.15) is 0 Å². The van der Waals surface area contributed by atoms with Crippen LogP contribution in [0.1, 0.15) is 153 Å². The number of anilines is 2. The van der Waals surface area contributed by atoms with E-state index in [0.29, 0.717) is 62.0 Å². The number of ketones is 7. The first-order chi connectivity index (χ1) is 55.9. The molecule has 1 heterocycles. The quantitative estimate of drug-likeness (QED) is 0.0433. The molecule has 19 heteroatoms. The van der Waals surface area contributed by atoms with Gasteiger partial charge < -0.3 is 18.9 Å². The van der Waals surface area contributed by atoms with Crippen molar-refractivity contribution in [2.24, 2.45) is 0 Å². The Bertz CT molecular complexity index is 5370. The molecule has 2 N–H and O–H groups in total. The van der Waals surface area contributed by atoms with Crippen LogP contribution in [0.15, 0.2) is 356 Å². The summed E-state index contributed by atoms with van der Waals surface area (Å²) in [6, 6.07) is 100.0. The van der Waals surface area contributed by atoms with Crippen LogP contribution in [0, 0.1) is 0 Å². The van der Waals surface area contributed by atoms with E-state index in [1.807, 2.05) is 146 Å². The van der Waals surface area contributed by atoms with Gasteiger partial charge in [0, 0.05) is 72.5 Å². The third kappa shape index (κ3) is 32.0. The number of benzene rings is 12. The van der Waals surface area contributed by atoms with E-state index < -0.39 is 24.1 Å². The summed E-state index contributed by atoms with van der Waals surface area (Å²) in [6.07, 6.45) is 3.23. The Morgan fingerprint density at radius 1 is 0.276 bits per heavy atom. The normalized spacial score (nSPS) is 9.83. The van der Waals surface area contributed by atoms with E-state index in [-0.39, 0.29) is 40.5 Å². The van der Waals surface area contributed by atoms with Crippen LogP contribution < -0.4 is 24.8 Å². The van der Waals surface area contributed by atoms with Crippen molar-refractivity contribution < 1.29 is 71.7 Å². The highest BCUT2D eigenvalue weighted by atomic mass is 32.2. The lowest BCUT2D eigenvalue weighted by atomic mass is 10.0. The molecule has 12 aromatic carbocycles. The number of hydrogen-bond acceptors (Lipinski definition) is 17. The van der Waals surface area contributed by atoms with Gasteiger partial charge in [-0.05, 0) is 217 Å². The highest BCUT2D eigenvalue weighted by molar-refractivity contribution is 7.99. The van der Waals surface area contributed by atoms with Gasteiger partial charge in [0.1, 0.15) is 17.2 Å². The number of nitrogens with one attached hydrogen (secondary N) is 2. The maximum absolute atomic E-state index is 11.8. The van der Waals surface area contributed by atoms with E-state index in [9.17, 15) is 52.7 Å². The van der Waals surface area contributed by atoms with E-state index in [4.69, 9.17) is 14.2 Å². The van der Waals surface area contributed by atoms with Crippen LogP contribution in [0.5, 0.6) is 17.2 Å². The SMILES string of the molecule is CC(=O)c1ccc(-c2ccncc2)cc1.CC(=O)c1ccc(C(=O)Oc2ccccc2)cc1.CC(=O)c1ccc(NC(=O)Oc2ccccc2)cc1.CC(=O)c1ccc(Sc2ccccc2)cc1.CC(=O)c1cccc(Cc2ccccc2)c1.CC(=O)c1cccc(OC(=O)Nc2ccccc2)c1.COC(=O)c1ccc(C(C)=O)cc1. The maximum atomic E-state index is 11.8. The maximum Gasteiger partial charge on any atom is 0.417 e. The summed E-state index contributed by atoms with van der Waals surface area (Å²) >= 11 is 1.70. The Morgan fingerprint density at radius 2 is 0.595 bits per heavy atom. The molecule has 2 amide bonds. The fraction of sp³-hybridized carbons (Fsp3) is 0.0928. The van der Waals surface area contributed by atoms with Gasteiger partial charge in [0.2, 0.25) is 0 Å². The number of nitrogens with zero attached hydrogens (tertiary/aromatic N) is 1. The molecular weight excluding hydrogens is 1480 g/mol. The van der Waals surface area contributed by atoms with Gasteiger partial charge in [-0.1, -0.05) is 206 Å². The number of pyridine rings is 1. The van der Waals surface area contributed by atoms with Crippen molar-refractivity contribution in [3.8, 4) is 28.4 Å². The Balaban J connectivity index is 0.000000188. The molecule has 0 saturated carbocycles. The van der Waals surface area contributed by atoms with Gasteiger partial charge in [-0.15, -0.1) is 0 Å². The van der Waals surface area contributed by atoms with Gasteiger partial charge in [0.25, 0.3) is 0 Å². The van der Waals surface area contributed by atoms with Gasteiger partial charge in [0.05, 0.1) is 18.2 Å². The predicted molar refractivity (Wildman–Crippen MR) is 453 cm³/mol. The van der Waals surface area contributed by atoms with Crippen LogP contribution >= 0.6 is 11.8 Å². The van der Waals surface area contributed by atoms with Crippen molar-refractivity contribution in [3.63, 3.8) is 0 Å². The molecule has 0 saturated heterocycles. The lowest BCUT2D eigenvalue weighted by molar-refractivity contribution is 0.0599. The fourth-order valence-corrected chi connectivity index (χ4v) is 10.9. The first-order valence-corrected chi connectivity index (χ1v) is 37.1. The first kappa shape index (κ1) is 88.5. The summed E-state index contributed by atoms with van der Waals surface area (Å²) in [7, 11) is 1.32. The summed E-state index contributed by atoms with van der Waals surface area (Å²) in [5.41, 5.74) is 11.3. The number of carbonyl (C=O) groups is 11. The van der Waals surface area contributed by atoms with Crippen LogP contribution in [-0.2, 0) is 11.2 Å². The van der Waals surface area contributed by atoms with Crippen LogP contribution in [0.3, 0.4) is 0 Å². The molecule has 0 bridgehead atoms. The molecule has 0 aliphatic rings. The molecule has 18 nitrogen and oxygen atoms in total. The molecule has 0 spiro atoms. The molecule has 0 unspecified atom stereocenters. The molecule has 584 valence electrons. The van der Waals surface area contributed by atoms with Crippen molar-refractivity contribution in [2.75, 3.05) is 17.7 Å². The third-order valence-electron chi connectivity index (χ3n) is 16.3. The standard InChI is InChI=1S/2C15H13NO3.C15H12O3.C15H14O.C14H12OS.C13H11NO.C10H10O3/c1-11(17)12-6-5-9-14(10-12)19-15(18)16-13-7-3-2-4-8-13;1-11(17)12-7-9-13(10-8-12)16-15(18)19-14-5-3-2-4-6-14;1-11(16)12-7-9-13(10-8-12)15(17)18-14-5-3-2-4-6-14;1-12(16)15-9-5-8-14(11-15)10-13-6-3-2-4-7-13;1-11(15)12-7-9-14(10-8-12)16-13-5-3-2-4-6-13;1-10(15)11-2-4-12(5-3-11)13-6-8-14-9-7-13;1-7(11)8-3-5-9(6-4-8)10(12)13-2/h2*2-10H,1H3,(H,16,18);2-10H,1H3;2-9,11H,10H2,1H3;2-10H,1H3;2-9H,1H3;3-6H,1-2H3. The number of carbonyl (C=O) groups excluding carboxylic acids is 11. The minimum atomic E-state index is -0.591. The minimum absolute atomic E-state index is 0.0154. The number of para-hydroxylation sites is 3. The lowest BCUT2D eigenvalue weighted by Gasteiger charge is -2.07. The molecule has 116 heavy (non-hydrogen) atoms. The number of Topliss-reactive ketones (excluding diaryl/α,β-unsaturated/α-hetero) is 7. The second-order valence-electron chi connectivity index (χ2n) is 25.2. The fourth-order valence-electron chi connectivity index (χ4n) is 10.1. The van der Waals surface area contributed by atoms with Crippen LogP contribution in [0.4, 0.5) is 21.0 Å². The number of esters is 2. The molecule has 0 radical (unpaired) electrons. The summed E-state index contributed by atoms with van der Waals surface area (Å²) in [5.74, 6) is 0.662. The average Bonchev–Trinajstić information content (AvgIpc) is 0.902. The molecule has 0 aliphatic carbocycles. The van der Waals surface area contributed by atoms with Crippen molar-refractivity contribution in [1.29, 1.82) is 0 Å². The molecule has 0 aliphatic heterocycles. The number of ether oxygens (including phenoxy) is 4. The highest BCUT2D eigenvalue weighted by Gasteiger charge is 2.13. The molecule has 0 atom stereocenters. The van der Waals surface area contributed by atoms with Crippen LogP contribution in [-0.4, -0.2) is 76.7 Å². The zero-order valence-corrected chi connectivity index (χ0v) is 65.9. The molecule has 13 rings (SSSR count). The first-order valence-electron chi connectivity index (χ1n) is 36.3. The summed E-state index contributed by atoms with van der Waals surface area (Å²) in [4.78, 5) is 130. The second kappa shape index (κ2) is 47.5. The van der Waals surface area contributed by atoms with E-state index in [1.165, 1.54) is 56.9 Å². The Morgan fingerprint density at radius 3 is 1.04 bits per heavy atom. The number of amides is 2. The number of hydrogen-bond donors (Lipinski definition) is 2. The zero-order valence-electron chi connectivity index (χ0n) is 65.1. The van der Waals surface area contributed by atoms with E-state index in [0.717, 1.165) is 39.1 Å². The van der Waals surface area contributed by atoms with E-state index in [2.05, 4.69) is 50.7 Å². The zero-order chi connectivity index (χ0) is 83.6. The van der Waals surface area contributed by atoms with E-state index in [1.54, 1.807) is 197 Å². The summed E-state index contributed by atoms with van der Waals surface area (Å²) < 4.78 is 19.9. The van der Waals surface area contributed by atoms with Crippen LogP contribution in [0.25, 0.3) is 11.1 Å². The number of rotatable bonds is 19. The smallest absolute Gasteiger partial charge is 0.417 e. The number of methoxy groups -OCH3 is 1. The molecule has 13 aromatic rings. The van der Waals surface area contributed by atoms with Crippen LogP contribution in [0.2, 0.25) is 0 Å². The van der Waals surface area contributed by atoms with Gasteiger partial charge in [-0.3, -0.25) is 49.2 Å². The van der Waals surface area contributed by atoms with Gasteiger partial charge in [0.15, 0.2) is 40.5 Å². The third-order valence-corrected chi connectivity index (χ3v) is 17.3. The lowest BCUT2D eigenvalue weighted by Crippen LogP contribution is -2.16. The second-order valence-corrected chi connectivity index (χ2v) is 26.3.